The Balaban J connectivity index is 2.49. The maximum Gasteiger partial charge on any atom is 0.261 e. The largest absolute Gasteiger partial charge is 0.494 e. The zero-order chi connectivity index (χ0) is 13.5. The first-order valence-electron chi connectivity index (χ1n) is 5.27. The van der Waals surface area contributed by atoms with Crippen molar-refractivity contribution in [3.63, 3.8) is 0 Å². The zero-order valence-corrected chi connectivity index (χ0v) is 9.79. The SMILES string of the molecule is COc1ccc(C(=O)CCOCC(F)F)cc1F. The third-order valence-corrected chi connectivity index (χ3v) is 2.19. The second kappa shape index (κ2) is 7.00. The molecular formula is C12H13F3O3. The number of ether oxygens (including phenoxy) is 2. The van der Waals surface area contributed by atoms with Crippen LogP contribution in [0.15, 0.2) is 18.2 Å². The topological polar surface area (TPSA) is 35.5 Å². The van der Waals surface area contributed by atoms with Crippen LogP contribution in [0.2, 0.25) is 0 Å². The van der Waals surface area contributed by atoms with Gasteiger partial charge in [0.1, 0.15) is 6.61 Å². The minimum Gasteiger partial charge on any atom is -0.494 e. The normalized spacial score (nSPS) is 10.7. The summed E-state index contributed by atoms with van der Waals surface area (Å²) in [5.41, 5.74) is 0.161. The molecule has 0 spiro atoms. The van der Waals surface area contributed by atoms with Gasteiger partial charge in [0.05, 0.1) is 13.7 Å². The van der Waals surface area contributed by atoms with E-state index in [0.29, 0.717) is 0 Å². The molecule has 0 bridgehead atoms. The Bertz CT molecular complexity index is 408. The molecule has 0 saturated carbocycles. The number of alkyl halides is 2. The van der Waals surface area contributed by atoms with Gasteiger partial charge in [-0.25, -0.2) is 13.2 Å². The van der Waals surface area contributed by atoms with E-state index in [2.05, 4.69) is 4.74 Å². The van der Waals surface area contributed by atoms with E-state index in [-0.39, 0.29) is 30.1 Å². The Morgan fingerprint density at radius 2 is 2.11 bits per heavy atom. The third kappa shape index (κ3) is 4.37. The molecule has 0 saturated heterocycles. The first-order chi connectivity index (χ1) is 8.54. The van der Waals surface area contributed by atoms with Crippen molar-refractivity contribution >= 4 is 5.78 Å². The van der Waals surface area contributed by atoms with E-state index in [4.69, 9.17) is 4.74 Å². The summed E-state index contributed by atoms with van der Waals surface area (Å²) in [4.78, 5) is 11.6. The summed E-state index contributed by atoms with van der Waals surface area (Å²) < 4.78 is 46.1. The number of hydrogen-bond acceptors (Lipinski definition) is 3. The summed E-state index contributed by atoms with van der Waals surface area (Å²) in [6.07, 6.45) is -2.63. The van der Waals surface area contributed by atoms with Gasteiger partial charge in [-0.15, -0.1) is 0 Å². The van der Waals surface area contributed by atoms with Gasteiger partial charge in [0.25, 0.3) is 6.43 Å². The maximum atomic E-state index is 13.3. The molecule has 1 aromatic carbocycles. The fraction of sp³-hybridized carbons (Fsp3) is 0.417. The predicted octanol–water partition coefficient (Wildman–Crippen LogP) is 2.69. The molecular weight excluding hydrogens is 249 g/mol. The molecule has 3 nitrogen and oxygen atoms in total. The van der Waals surface area contributed by atoms with Gasteiger partial charge in [-0.2, -0.15) is 0 Å². The number of ketones is 1. The number of methoxy groups -OCH3 is 1. The summed E-state index contributed by atoms with van der Waals surface area (Å²) in [7, 11) is 1.32. The lowest BCUT2D eigenvalue weighted by molar-refractivity contribution is 0.0170. The van der Waals surface area contributed by atoms with Crippen molar-refractivity contribution in [3.8, 4) is 5.75 Å². The smallest absolute Gasteiger partial charge is 0.261 e. The van der Waals surface area contributed by atoms with Crippen LogP contribution in [0.3, 0.4) is 0 Å². The molecule has 100 valence electrons. The van der Waals surface area contributed by atoms with Gasteiger partial charge in [0, 0.05) is 12.0 Å². The van der Waals surface area contributed by atoms with Gasteiger partial charge in [-0.3, -0.25) is 4.79 Å². The van der Waals surface area contributed by atoms with E-state index in [1.807, 2.05) is 0 Å². The highest BCUT2D eigenvalue weighted by atomic mass is 19.3. The Hall–Kier alpha value is -1.56. The lowest BCUT2D eigenvalue weighted by Gasteiger charge is -2.05. The van der Waals surface area contributed by atoms with E-state index >= 15 is 0 Å². The van der Waals surface area contributed by atoms with Gasteiger partial charge in [0.15, 0.2) is 17.3 Å². The van der Waals surface area contributed by atoms with Gasteiger partial charge in [-0.05, 0) is 18.2 Å². The minimum atomic E-state index is -2.56. The number of carbonyl (C=O) groups excluding carboxylic acids is 1. The number of Topliss-reactive ketones (excluding diaryl/α,β-unsaturated/α-hetero) is 1. The molecule has 18 heavy (non-hydrogen) atoms. The highest BCUT2D eigenvalue weighted by Crippen LogP contribution is 2.18. The molecule has 0 aromatic heterocycles. The lowest BCUT2D eigenvalue weighted by atomic mass is 10.1. The molecule has 0 fully saturated rings. The maximum absolute atomic E-state index is 13.3. The van der Waals surface area contributed by atoms with Crippen LogP contribution in [0.1, 0.15) is 16.8 Å². The van der Waals surface area contributed by atoms with Crippen LogP contribution < -0.4 is 4.74 Å². The summed E-state index contributed by atoms with van der Waals surface area (Å²) in [6.45, 7) is -0.818. The predicted molar refractivity (Wildman–Crippen MR) is 58.7 cm³/mol. The fourth-order valence-electron chi connectivity index (χ4n) is 1.32. The van der Waals surface area contributed by atoms with Crippen LogP contribution in [-0.4, -0.2) is 32.5 Å². The van der Waals surface area contributed by atoms with Gasteiger partial charge in [0.2, 0.25) is 0 Å². The van der Waals surface area contributed by atoms with E-state index in [1.54, 1.807) is 0 Å². The molecule has 0 N–H and O–H groups in total. The molecule has 0 aliphatic heterocycles. The molecule has 0 aliphatic carbocycles. The zero-order valence-electron chi connectivity index (χ0n) is 9.79. The molecule has 0 atom stereocenters. The van der Waals surface area contributed by atoms with E-state index in [9.17, 15) is 18.0 Å². The summed E-state index contributed by atoms with van der Waals surface area (Å²) in [5, 5.41) is 0. The van der Waals surface area contributed by atoms with Crippen molar-refractivity contribution in [2.24, 2.45) is 0 Å². The van der Waals surface area contributed by atoms with Crippen molar-refractivity contribution < 1.29 is 27.4 Å². The van der Waals surface area contributed by atoms with Crippen molar-refractivity contribution in [1.29, 1.82) is 0 Å². The first-order valence-corrected chi connectivity index (χ1v) is 5.27. The molecule has 0 unspecified atom stereocenters. The number of rotatable bonds is 7. The van der Waals surface area contributed by atoms with Crippen LogP contribution in [0.4, 0.5) is 13.2 Å². The Morgan fingerprint density at radius 3 is 2.67 bits per heavy atom. The Kier molecular flexibility index (Phi) is 5.64. The van der Waals surface area contributed by atoms with Crippen molar-refractivity contribution in [2.75, 3.05) is 20.3 Å². The number of benzene rings is 1. The molecule has 0 aliphatic rings. The third-order valence-electron chi connectivity index (χ3n) is 2.19. The van der Waals surface area contributed by atoms with Crippen LogP contribution >= 0.6 is 0 Å². The number of carbonyl (C=O) groups is 1. The standard InChI is InChI=1S/C12H13F3O3/c1-17-11-3-2-8(6-9(11)13)10(16)4-5-18-7-12(14)15/h2-3,6,12H,4-5,7H2,1H3. The molecule has 1 aromatic rings. The molecule has 0 amide bonds. The number of halogens is 3. The summed E-state index contributed by atoms with van der Waals surface area (Å²) >= 11 is 0. The van der Waals surface area contributed by atoms with E-state index in [1.165, 1.54) is 19.2 Å². The highest BCUT2D eigenvalue weighted by molar-refractivity contribution is 5.96. The molecule has 0 heterocycles. The van der Waals surface area contributed by atoms with Crippen LogP contribution in [0, 0.1) is 5.82 Å². The number of hydrogen-bond donors (Lipinski definition) is 0. The highest BCUT2D eigenvalue weighted by Gasteiger charge is 2.10. The van der Waals surface area contributed by atoms with E-state index in [0.717, 1.165) is 6.07 Å². The van der Waals surface area contributed by atoms with Crippen LogP contribution in [0.25, 0.3) is 0 Å². The lowest BCUT2D eigenvalue weighted by Crippen LogP contribution is -2.09. The molecule has 1 rings (SSSR count). The minimum absolute atomic E-state index is 0.0421. The first kappa shape index (κ1) is 14.5. The molecule has 0 radical (unpaired) electrons. The van der Waals surface area contributed by atoms with Crippen LogP contribution in [0.5, 0.6) is 5.75 Å². The van der Waals surface area contributed by atoms with Crippen molar-refractivity contribution in [1.82, 2.24) is 0 Å². The monoisotopic (exact) mass is 262 g/mol. The Morgan fingerprint density at radius 1 is 1.39 bits per heavy atom. The summed E-state index contributed by atoms with van der Waals surface area (Å²) in [6, 6.07) is 3.80. The second-order valence-corrected chi connectivity index (χ2v) is 3.49. The van der Waals surface area contributed by atoms with Gasteiger partial charge in [-0.1, -0.05) is 0 Å². The van der Waals surface area contributed by atoms with Crippen LogP contribution in [-0.2, 0) is 4.74 Å². The van der Waals surface area contributed by atoms with Crippen molar-refractivity contribution in [2.45, 2.75) is 12.8 Å². The molecule has 6 heteroatoms. The van der Waals surface area contributed by atoms with E-state index < -0.39 is 18.8 Å². The van der Waals surface area contributed by atoms with Crippen molar-refractivity contribution in [3.05, 3.63) is 29.6 Å². The van der Waals surface area contributed by atoms with Gasteiger partial charge >= 0.3 is 0 Å². The second-order valence-electron chi connectivity index (χ2n) is 3.49. The fourth-order valence-corrected chi connectivity index (χ4v) is 1.32. The Labute approximate surface area is 103 Å². The summed E-state index contributed by atoms with van der Waals surface area (Å²) in [5.74, 6) is -0.969. The quantitative estimate of drug-likeness (QED) is 0.560. The average Bonchev–Trinajstić information content (AvgIpc) is 2.34. The average molecular weight is 262 g/mol. The van der Waals surface area contributed by atoms with Gasteiger partial charge < -0.3 is 9.47 Å².